The van der Waals surface area contributed by atoms with Gasteiger partial charge in [-0.05, 0) is 23.6 Å². The number of thiophene rings is 1. The maximum absolute atomic E-state index is 13.5. The second kappa shape index (κ2) is 8.67. The van der Waals surface area contributed by atoms with Gasteiger partial charge in [0.15, 0.2) is 16.7 Å². The first kappa shape index (κ1) is 19.6. The number of nitrogens with two attached hydrogens (primary N) is 1. The van der Waals surface area contributed by atoms with Gasteiger partial charge in [0.05, 0.1) is 16.3 Å². The van der Waals surface area contributed by atoms with Crippen LogP contribution in [-0.2, 0) is 4.79 Å². The van der Waals surface area contributed by atoms with Crippen LogP contribution in [0.3, 0.4) is 0 Å². The van der Waals surface area contributed by atoms with E-state index >= 15 is 0 Å². The molecule has 0 aliphatic carbocycles. The van der Waals surface area contributed by atoms with Gasteiger partial charge in [0.25, 0.3) is 11.5 Å². The largest absolute Gasteiger partial charge is 0.382 e. The minimum absolute atomic E-state index is 0.0562. The fourth-order valence-corrected chi connectivity index (χ4v) is 3.41. The molecule has 0 bridgehead atoms. The van der Waals surface area contributed by atoms with Gasteiger partial charge in [0.1, 0.15) is 5.82 Å². The number of carbonyl (C=O) groups excluding carboxylic acids is 2. The zero-order valence-corrected chi connectivity index (χ0v) is 15.8. The summed E-state index contributed by atoms with van der Waals surface area (Å²) < 4.78 is 13.5. The molecule has 11 heteroatoms. The molecule has 0 radical (unpaired) electrons. The highest BCUT2D eigenvalue weighted by atomic mass is 32.2. The normalized spacial score (nSPS) is 10.5. The average molecular weight is 419 g/mol. The molecule has 0 spiro atoms. The molecule has 1 aromatic carbocycles. The number of H-pyrrole nitrogens is 1. The SMILES string of the molecule is Nc1nc(SCC(=O)Nc2ccccc2F)[nH]c(=O)c1NC(=O)c1cccs1. The minimum atomic E-state index is -0.644. The van der Waals surface area contributed by atoms with Crippen molar-refractivity contribution in [1.82, 2.24) is 9.97 Å². The summed E-state index contributed by atoms with van der Waals surface area (Å²) in [6, 6.07) is 9.07. The van der Waals surface area contributed by atoms with E-state index in [1.54, 1.807) is 23.6 Å². The van der Waals surface area contributed by atoms with Crippen LogP contribution < -0.4 is 21.9 Å². The fraction of sp³-hybridized carbons (Fsp3) is 0.0588. The molecule has 8 nitrogen and oxygen atoms in total. The fourth-order valence-electron chi connectivity index (χ4n) is 2.12. The number of nitrogen functional groups attached to an aromatic ring is 1. The van der Waals surface area contributed by atoms with Crippen molar-refractivity contribution < 1.29 is 14.0 Å². The third-order valence-electron chi connectivity index (χ3n) is 3.40. The van der Waals surface area contributed by atoms with Gasteiger partial charge in [0, 0.05) is 0 Å². The third-order valence-corrected chi connectivity index (χ3v) is 5.14. The molecule has 2 heterocycles. The van der Waals surface area contributed by atoms with E-state index < -0.39 is 23.2 Å². The van der Waals surface area contributed by atoms with Crippen molar-refractivity contribution in [3.05, 3.63) is 62.8 Å². The summed E-state index contributed by atoms with van der Waals surface area (Å²) in [5.41, 5.74) is 5.01. The molecule has 0 atom stereocenters. The molecule has 2 aromatic heterocycles. The molecular formula is C17H14FN5O3S2. The van der Waals surface area contributed by atoms with Crippen LogP contribution in [0.25, 0.3) is 0 Å². The number of carbonyl (C=O) groups is 2. The van der Waals surface area contributed by atoms with E-state index in [1.807, 2.05) is 0 Å². The van der Waals surface area contributed by atoms with E-state index in [-0.39, 0.29) is 28.1 Å². The van der Waals surface area contributed by atoms with Gasteiger partial charge in [0.2, 0.25) is 5.91 Å². The Morgan fingerprint density at radius 2 is 2.00 bits per heavy atom. The number of aromatic nitrogens is 2. The highest BCUT2D eigenvalue weighted by molar-refractivity contribution is 7.99. The van der Waals surface area contributed by atoms with Gasteiger partial charge in [-0.3, -0.25) is 19.4 Å². The molecule has 2 amide bonds. The summed E-state index contributed by atoms with van der Waals surface area (Å²) in [4.78, 5) is 43.0. The summed E-state index contributed by atoms with van der Waals surface area (Å²) in [6.45, 7) is 0. The highest BCUT2D eigenvalue weighted by Crippen LogP contribution is 2.19. The molecule has 3 rings (SSSR count). The Morgan fingerprint density at radius 3 is 2.68 bits per heavy atom. The topological polar surface area (TPSA) is 130 Å². The van der Waals surface area contributed by atoms with Gasteiger partial charge in [-0.15, -0.1) is 11.3 Å². The van der Waals surface area contributed by atoms with E-state index in [9.17, 15) is 18.8 Å². The van der Waals surface area contributed by atoms with E-state index in [0.717, 1.165) is 11.8 Å². The maximum atomic E-state index is 13.5. The number of hydrogen-bond donors (Lipinski definition) is 4. The first-order valence-corrected chi connectivity index (χ1v) is 9.72. The third kappa shape index (κ3) is 4.75. The molecule has 3 aromatic rings. The molecule has 28 heavy (non-hydrogen) atoms. The van der Waals surface area contributed by atoms with Gasteiger partial charge in [-0.1, -0.05) is 30.0 Å². The Kier molecular flexibility index (Phi) is 6.06. The first-order valence-electron chi connectivity index (χ1n) is 7.86. The lowest BCUT2D eigenvalue weighted by Crippen LogP contribution is -2.23. The Balaban J connectivity index is 1.64. The lowest BCUT2D eigenvalue weighted by atomic mass is 10.3. The number of halogens is 1. The van der Waals surface area contributed by atoms with Crippen LogP contribution in [0.4, 0.5) is 21.6 Å². The van der Waals surface area contributed by atoms with Crippen molar-refractivity contribution in [2.24, 2.45) is 0 Å². The first-order chi connectivity index (χ1) is 13.4. The highest BCUT2D eigenvalue weighted by Gasteiger charge is 2.15. The standard InChI is InChI=1S/C17H14FN5O3S2/c18-9-4-1-2-5-10(9)20-12(24)8-28-17-22-14(19)13(16(26)23-17)21-15(25)11-6-3-7-27-11/h1-7H,8H2,(H,20,24)(H,21,25)(H3,19,22,23,26). The minimum Gasteiger partial charge on any atom is -0.382 e. The van der Waals surface area contributed by atoms with Crippen molar-refractivity contribution in [1.29, 1.82) is 0 Å². The summed E-state index contributed by atoms with van der Waals surface area (Å²) in [7, 11) is 0. The number of aromatic amines is 1. The summed E-state index contributed by atoms with van der Waals surface area (Å²) in [5.74, 6) is -1.81. The lowest BCUT2D eigenvalue weighted by molar-refractivity contribution is -0.113. The summed E-state index contributed by atoms with van der Waals surface area (Å²) in [6.07, 6.45) is 0. The summed E-state index contributed by atoms with van der Waals surface area (Å²) in [5, 5.41) is 6.67. The van der Waals surface area contributed by atoms with Gasteiger partial charge >= 0.3 is 0 Å². The number of amides is 2. The Morgan fingerprint density at radius 1 is 1.21 bits per heavy atom. The average Bonchev–Trinajstić information content (AvgIpc) is 3.20. The smallest absolute Gasteiger partial charge is 0.277 e. The zero-order chi connectivity index (χ0) is 20.1. The second-order valence-electron chi connectivity index (χ2n) is 5.38. The van der Waals surface area contributed by atoms with Crippen molar-refractivity contribution in [2.45, 2.75) is 5.16 Å². The van der Waals surface area contributed by atoms with Crippen LogP contribution in [0.5, 0.6) is 0 Å². The summed E-state index contributed by atoms with van der Waals surface area (Å²) >= 11 is 2.13. The number of thioether (sulfide) groups is 1. The molecule has 0 aliphatic rings. The zero-order valence-electron chi connectivity index (χ0n) is 14.2. The number of anilines is 3. The van der Waals surface area contributed by atoms with Crippen LogP contribution in [-0.4, -0.2) is 27.5 Å². The van der Waals surface area contributed by atoms with E-state index in [2.05, 4.69) is 20.6 Å². The van der Waals surface area contributed by atoms with Crippen LogP contribution in [0.2, 0.25) is 0 Å². The van der Waals surface area contributed by atoms with Gasteiger partial charge in [-0.25, -0.2) is 9.37 Å². The molecule has 144 valence electrons. The number of hydrogen-bond acceptors (Lipinski definition) is 7. The predicted octanol–water partition coefficient (Wildman–Crippen LogP) is 2.54. The Bertz CT molecular complexity index is 1070. The van der Waals surface area contributed by atoms with Crippen molar-refractivity contribution in [3.8, 4) is 0 Å². The van der Waals surface area contributed by atoms with Gasteiger partial charge < -0.3 is 16.4 Å². The number of benzene rings is 1. The van der Waals surface area contributed by atoms with Crippen LogP contribution in [0.1, 0.15) is 9.67 Å². The Hall–Kier alpha value is -3.18. The molecule has 0 fully saturated rings. The molecule has 0 saturated carbocycles. The molecular weight excluding hydrogens is 405 g/mol. The van der Waals surface area contributed by atoms with Crippen LogP contribution in [0.15, 0.2) is 51.7 Å². The van der Waals surface area contributed by atoms with E-state index in [4.69, 9.17) is 5.73 Å². The van der Waals surface area contributed by atoms with Crippen LogP contribution >= 0.6 is 23.1 Å². The lowest BCUT2D eigenvalue weighted by Gasteiger charge is -2.08. The van der Waals surface area contributed by atoms with Crippen LogP contribution in [0, 0.1) is 5.82 Å². The molecule has 0 unspecified atom stereocenters. The Labute approximate surface area is 166 Å². The molecule has 0 aliphatic heterocycles. The quantitative estimate of drug-likeness (QED) is 0.359. The van der Waals surface area contributed by atoms with Crippen molar-refractivity contribution >= 4 is 52.1 Å². The number of nitrogens with one attached hydrogen (secondary N) is 3. The van der Waals surface area contributed by atoms with Crippen molar-refractivity contribution in [3.63, 3.8) is 0 Å². The van der Waals surface area contributed by atoms with E-state index in [0.29, 0.717) is 4.88 Å². The number of nitrogens with zero attached hydrogens (tertiary/aromatic N) is 1. The van der Waals surface area contributed by atoms with Crippen molar-refractivity contribution in [2.75, 3.05) is 22.1 Å². The maximum Gasteiger partial charge on any atom is 0.277 e. The number of para-hydroxylation sites is 1. The molecule has 0 saturated heterocycles. The monoisotopic (exact) mass is 419 g/mol. The molecule has 5 N–H and O–H groups in total. The predicted molar refractivity (Wildman–Crippen MR) is 107 cm³/mol. The number of rotatable bonds is 6. The van der Waals surface area contributed by atoms with E-state index in [1.165, 1.54) is 29.5 Å². The van der Waals surface area contributed by atoms with Gasteiger partial charge in [-0.2, -0.15) is 0 Å². The second-order valence-corrected chi connectivity index (χ2v) is 7.29.